The predicted molar refractivity (Wildman–Crippen MR) is 91.0 cm³/mol. The van der Waals surface area contributed by atoms with Crippen LogP contribution < -0.4 is 11.3 Å². The van der Waals surface area contributed by atoms with Crippen LogP contribution in [0, 0.1) is 5.82 Å². The first kappa shape index (κ1) is 15.7. The number of aromatic amines is 1. The van der Waals surface area contributed by atoms with Crippen LogP contribution in [0.25, 0.3) is 11.3 Å². The minimum atomic E-state index is -0.547. The topological polar surface area (TPSA) is 101 Å². The SMILES string of the molecule is NC(=S)n1[nH]c(-c2ccc(F)cc2)c(N=Nc2cccnc2)c1=O. The van der Waals surface area contributed by atoms with Gasteiger partial charge in [0.15, 0.2) is 10.8 Å². The highest BCUT2D eigenvalue weighted by Crippen LogP contribution is 2.27. The lowest BCUT2D eigenvalue weighted by Gasteiger charge is -1.99. The summed E-state index contributed by atoms with van der Waals surface area (Å²) < 4.78 is 14.1. The first-order chi connectivity index (χ1) is 11.6. The molecule has 0 saturated carbocycles. The molecule has 3 aromatic rings. The van der Waals surface area contributed by atoms with Gasteiger partial charge in [-0.1, -0.05) is 0 Å². The number of benzene rings is 1. The van der Waals surface area contributed by atoms with Crippen LogP contribution in [-0.2, 0) is 0 Å². The Morgan fingerprint density at radius 2 is 2.00 bits per heavy atom. The van der Waals surface area contributed by atoms with Crippen LogP contribution in [-0.4, -0.2) is 19.9 Å². The van der Waals surface area contributed by atoms with E-state index in [2.05, 4.69) is 20.3 Å². The summed E-state index contributed by atoms with van der Waals surface area (Å²) in [6.45, 7) is 0. The second-order valence-electron chi connectivity index (χ2n) is 4.73. The van der Waals surface area contributed by atoms with Crippen LogP contribution in [0.5, 0.6) is 0 Å². The Morgan fingerprint density at radius 3 is 2.62 bits per heavy atom. The van der Waals surface area contributed by atoms with E-state index in [0.717, 1.165) is 4.68 Å². The Morgan fingerprint density at radius 1 is 1.25 bits per heavy atom. The normalized spacial score (nSPS) is 11.0. The highest BCUT2D eigenvalue weighted by atomic mass is 32.1. The molecule has 0 spiro atoms. The Kier molecular flexibility index (Phi) is 4.25. The van der Waals surface area contributed by atoms with Gasteiger partial charge in [-0.2, -0.15) is 4.68 Å². The molecule has 3 N–H and O–H groups in total. The molecule has 24 heavy (non-hydrogen) atoms. The van der Waals surface area contributed by atoms with Crippen molar-refractivity contribution in [3.05, 3.63) is 65.0 Å². The molecule has 1 aromatic carbocycles. The maximum Gasteiger partial charge on any atom is 0.301 e. The molecule has 0 radical (unpaired) electrons. The average Bonchev–Trinajstić information content (AvgIpc) is 2.91. The Bertz CT molecular complexity index is 962. The maximum absolute atomic E-state index is 13.1. The van der Waals surface area contributed by atoms with E-state index in [1.807, 2.05) is 0 Å². The van der Waals surface area contributed by atoms with E-state index >= 15 is 0 Å². The first-order valence-corrected chi connectivity index (χ1v) is 7.19. The molecule has 0 atom stereocenters. The molecule has 3 rings (SSSR count). The van der Waals surface area contributed by atoms with E-state index in [4.69, 9.17) is 18.0 Å². The molecule has 0 bridgehead atoms. The number of nitrogens with two attached hydrogens (primary N) is 1. The molecule has 9 heteroatoms. The minimum Gasteiger partial charge on any atom is -0.374 e. The third kappa shape index (κ3) is 3.10. The largest absolute Gasteiger partial charge is 0.374 e. The number of hydrogen-bond donors (Lipinski definition) is 2. The molecule has 2 aromatic heterocycles. The summed E-state index contributed by atoms with van der Waals surface area (Å²) in [4.78, 5) is 16.3. The van der Waals surface area contributed by atoms with Crippen molar-refractivity contribution in [3.8, 4) is 11.3 Å². The Balaban J connectivity index is 2.13. The summed E-state index contributed by atoms with van der Waals surface area (Å²) in [5.41, 5.74) is 6.35. The van der Waals surface area contributed by atoms with Crippen LogP contribution in [0.4, 0.5) is 15.8 Å². The molecule has 7 nitrogen and oxygen atoms in total. The van der Waals surface area contributed by atoms with E-state index in [0.29, 0.717) is 16.9 Å². The van der Waals surface area contributed by atoms with Crippen molar-refractivity contribution >= 4 is 28.7 Å². The highest BCUT2D eigenvalue weighted by Gasteiger charge is 2.17. The fraction of sp³-hybridized carbons (Fsp3) is 0. The van der Waals surface area contributed by atoms with Gasteiger partial charge in [0.1, 0.15) is 11.5 Å². The summed E-state index contributed by atoms with van der Waals surface area (Å²) in [5, 5.41) is 10.6. The van der Waals surface area contributed by atoms with E-state index in [1.54, 1.807) is 18.3 Å². The zero-order valence-electron chi connectivity index (χ0n) is 12.2. The summed E-state index contributed by atoms with van der Waals surface area (Å²) in [7, 11) is 0. The van der Waals surface area contributed by atoms with E-state index in [1.165, 1.54) is 30.5 Å². The van der Waals surface area contributed by atoms with Gasteiger partial charge in [0.05, 0.1) is 11.9 Å². The number of rotatable bonds is 3. The van der Waals surface area contributed by atoms with Crippen molar-refractivity contribution in [2.45, 2.75) is 0 Å². The number of nitrogens with zero attached hydrogens (tertiary/aromatic N) is 4. The summed E-state index contributed by atoms with van der Waals surface area (Å²) in [6, 6.07) is 8.94. The smallest absolute Gasteiger partial charge is 0.301 e. The number of pyridine rings is 1. The molecule has 0 unspecified atom stereocenters. The second kappa shape index (κ2) is 6.50. The molecule has 0 aliphatic carbocycles. The van der Waals surface area contributed by atoms with Crippen LogP contribution in [0.2, 0.25) is 0 Å². The fourth-order valence-corrected chi connectivity index (χ4v) is 2.14. The molecule has 120 valence electrons. The van der Waals surface area contributed by atoms with Gasteiger partial charge in [-0.05, 0) is 48.6 Å². The molecule has 0 aliphatic heterocycles. The summed E-state index contributed by atoms with van der Waals surface area (Å²) >= 11 is 4.84. The summed E-state index contributed by atoms with van der Waals surface area (Å²) in [6.07, 6.45) is 3.10. The van der Waals surface area contributed by atoms with Crippen LogP contribution >= 0.6 is 12.2 Å². The van der Waals surface area contributed by atoms with Gasteiger partial charge in [0, 0.05) is 11.8 Å². The molecule has 0 aliphatic rings. The number of aromatic nitrogens is 3. The van der Waals surface area contributed by atoms with Gasteiger partial charge in [0.25, 0.3) is 0 Å². The maximum atomic E-state index is 13.1. The zero-order chi connectivity index (χ0) is 17.1. The van der Waals surface area contributed by atoms with Crippen molar-refractivity contribution < 1.29 is 4.39 Å². The lowest BCUT2D eigenvalue weighted by Crippen LogP contribution is -2.29. The first-order valence-electron chi connectivity index (χ1n) is 6.79. The van der Waals surface area contributed by atoms with Gasteiger partial charge >= 0.3 is 5.56 Å². The molecular weight excluding hydrogens is 331 g/mol. The van der Waals surface area contributed by atoms with Crippen LogP contribution in [0.3, 0.4) is 0 Å². The van der Waals surface area contributed by atoms with E-state index in [9.17, 15) is 9.18 Å². The fourth-order valence-electron chi connectivity index (χ4n) is 2.01. The van der Waals surface area contributed by atoms with E-state index in [-0.39, 0.29) is 10.8 Å². The van der Waals surface area contributed by atoms with Gasteiger partial charge in [-0.15, -0.1) is 10.2 Å². The third-order valence-electron chi connectivity index (χ3n) is 3.13. The molecule has 0 amide bonds. The van der Waals surface area contributed by atoms with Gasteiger partial charge in [-0.3, -0.25) is 14.9 Å². The average molecular weight is 342 g/mol. The Hall–Kier alpha value is -3.20. The number of nitrogens with one attached hydrogen (secondary N) is 1. The lowest BCUT2D eigenvalue weighted by molar-refractivity contribution is 0.628. The van der Waals surface area contributed by atoms with Crippen molar-refractivity contribution in [1.82, 2.24) is 14.8 Å². The van der Waals surface area contributed by atoms with Crippen LogP contribution in [0.1, 0.15) is 0 Å². The van der Waals surface area contributed by atoms with Gasteiger partial charge in [0.2, 0.25) is 0 Å². The van der Waals surface area contributed by atoms with Crippen molar-refractivity contribution in [2.75, 3.05) is 0 Å². The standard InChI is InChI=1S/C15H11FN6OS/c16-10-5-3-9(4-6-10)12-13(14(23)22(21-12)15(17)24)20-19-11-2-1-7-18-8-11/h1-8,21H,(H2,17,24). The lowest BCUT2D eigenvalue weighted by atomic mass is 10.1. The van der Waals surface area contributed by atoms with Gasteiger partial charge < -0.3 is 5.73 Å². The highest BCUT2D eigenvalue weighted by molar-refractivity contribution is 7.80. The minimum absolute atomic E-state index is 0.0123. The van der Waals surface area contributed by atoms with Crippen molar-refractivity contribution in [2.24, 2.45) is 16.0 Å². The molecule has 0 saturated heterocycles. The number of hydrogen-bond acceptors (Lipinski definition) is 5. The number of H-pyrrole nitrogens is 1. The zero-order valence-corrected chi connectivity index (χ0v) is 13.0. The number of halogens is 1. The molecule has 2 heterocycles. The number of azo groups is 1. The Labute approximate surface area is 140 Å². The monoisotopic (exact) mass is 342 g/mol. The van der Waals surface area contributed by atoms with Crippen LogP contribution in [0.15, 0.2) is 63.8 Å². The number of thiocarbonyl (C=S) groups is 1. The second-order valence-corrected chi connectivity index (χ2v) is 5.15. The quantitative estimate of drug-likeness (QED) is 0.564. The van der Waals surface area contributed by atoms with E-state index < -0.39 is 11.4 Å². The van der Waals surface area contributed by atoms with Crippen molar-refractivity contribution in [3.63, 3.8) is 0 Å². The van der Waals surface area contributed by atoms with Crippen molar-refractivity contribution in [1.29, 1.82) is 0 Å². The molecule has 0 fully saturated rings. The van der Waals surface area contributed by atoms with Gasteiger partial charge in [-0.25, -0.2) is 4.39 Å². The third-order valence-corrected chi connectivity index (χ3v) is 3.31. The predicted octanol–water partition coefficient (Wildman–Crippen LogP) is 2.88. The summed E-state index contributed by atoms with van der Waals surface area (Å²) in [5.74, 6) is -0.395. The molecular formula is C15H11FN6OS.